The first-order chi connectivity index (χ1) is 33.7. The second kappa shape index (κ2) is 15.0. The number of para-hydroxylation sites is 6. The second-order valence-corrected chi connectivity index (χ2v) is 16.8. The molecule has 318 valence electrons. The molecular formula is C59H35N7O2. The van der Waals surface area contributed by atoms with Gasteiger partial charge in [-0.1, -0.05) is 115 Å². The SMILES string of the molecule is c1ccc(-c2nc(-c3cccc4oc5ccc(-c6nc7ccccc7n6-c6ccccc6)cc5c34)nc(-c3cccc4oc5ccc(-c6nc7ccccc7n6-c6ccccc6)cc5c34)n2)cc1. The van der Waals surface area contributed by atoms with Crippen molar-refractivity contribution in [2.45, 2.75) is 0 Å². The van der Waals surface area contributed by atoms with E-state index in [1.807, 2.05) is 91.0 Å². The molecule has 5 aromatic heterocycles. The summed E-state index contributed by atoms with van der Waals surface area (Å²) in [6, 6.07) is 72.0. The third-order valence-corrected chi connectivity index (χ3v) is 12.8. The maximum atomic E-state index is 6.59. The molecule has 0 saturated heterocycles. The van der Waals surface area contributed by atoms with E-state index in [1.165, 1.54) is 0 Å². The third kappa shape index (κ3) is 5.99. The average molecular weight is 874 g/mol. The molecule has 0 aliphatic rings. The van der Waals surface area contributed by atoms with Crippen LogP contribution in [0.4, 0.5) is 0 Å². The van der Waals surface area contributed by atoms with Crippen LogP contribution in [0.3, 0.4) is 0 Å². The minimum atomic E-state index is 0.520. The fourth-order valence-electron chi connectivity index (χ4n) is 9.75. The molecule has 9 heteroatoms. The number of hydrogen-bond donors (Lipinski definition) is 0. The highest BCUT2D eigenvalue weighted by molar-refractivity contribution is 6.14. The molecule has 14 rings (SSSR count). The van der Waals surface area contributed by atoms with Gasteiger partial charge in [0.1, 0.15) is 34.0 Å². The first-order valence-electron chi connectivity index (χ1n) is 22.5. The van der Waals surface area contributed by atoms with Gasteiger partial charge in [-0.25, -0.2) is 24.9 Å². The summed E-state index contributed by atoms with van der Waals surface area (Å²) in [6.07, 6.45) is 0. The van der Waals surface area contributed by atoms with Gasteiger partial charge >= 0.3 is 0 Å². The van der Waals surface area contributed by atoms with E-state index in [2.05, 4.69) is 130 Å². The highest BCUT2D eigenvalue weighted by Crippen LogP contribution is 2.42. The average Bonchev–Trinajstić information content (AvgIpc) is 4.19. The van der Waals surface area contributed by atoms with E-state index in [1.54, 1.807) is 0 Å². The van der Waals surface area contributed by atoms with Crippen molar-refractivity contribution in [1.29, 1.82) is 0 Å². The van der Waals surface area contributed by atoms with Crippen molar-refractivity contribution >= 4 is 65.9 Å². The molecular weight excluding hydrogens is 839 g/mol. The molecule has 0 atom stereocenters. The molecule has 0 saturated carbocycles. The van der Waals surface area contributed by atoms with E-state index >= 15 is 0 Å². The van der Waals surface area contributed by atoms with E-state index < -0.39 is 0 Å². The summed E-state index contributed by atoms with van der Waals surface area (Å²) in [7, 11) is 0. The largest absolute Gasteiger partial charge is 0.456 e. The molecule has 0 bridgehead atoms. The lowest BCUT2D eigenvalue weighted by atomic mass is 10.0. The van der Waals surface area contributed by atoms with Crippen LogP contribution in [0, 0.1) is 0 Å². The number of imidazole rings is 2. The molecule has 0 fully saturated rings. The van der Waals surface area contributed by atoms with Crippen molar-refractivity contribution in [2.24, 2.45) is 0 Å². The maximum Gasteiger partial charge on any atom is 0.164 e. The van der Waals surface area contributed by atoms with Gasteiger partial charge in [-0.05, 0) is 97.1 Å². The Morgan fingerprint density at radius 1 is 0.309 bits per heavy atom. The van der Waals surface area contributed by atoms with Gasteiger partial charge in [-0.3, -0.25) is 9.13 Å². The summed E-state index contributed by atoms with van der Waals surface area (Å²) in [5.74, 6) is 3.26. The van der Waals surface area contributed by atoms with Crippen molar-refractivity contribution in [3.05, 3.63) is 212 Å². The van der Waals surface area contributed by atoms with Crippen molar-refractivity contribution in [3.8, 4) is 68.3 Å². The molecule has 0 spiro atoms. The number of fused-ring (bicyclic) bond motifs is 8. The number of nitrogens with zero attached hydrogens (tertiary/aromatic N) is 7. The van der Waals surface area contributed by atoms with Crippen LogP contribution in [-0.2, 0) is 0 Å². The van der Waals surface area contributed by atoms with Gasteiger partial charge in [0, 0.05) is 60.7 Å². The normalized spacial score (nSPS) is 11.8. The quantitative estimate of drug-likeness (QED) is 0.157. The van der Waals surface area contributed by atoms with E-state index in [-0.39, 0.29) is 0 Å². The van der Waals surface area contributed by atoms with E-state index in [0.717, 1.165) is 117 Å². The Kier molecular flexibility index (Phi) is 8.38. The van der Waals surface area contributed by atoms with Gasteiger partial charge in [-0.15, -0.1) is 0 Å². The lowest BCUT2D eigenvalue weighted by Crippen LogP contribution is -2.00. The Labute approximate surface area is 387 Å². The number of aromatic nitrogens is 7. The zero-order valence-corrected chi connectivity index (χ0v) is 36.2. The zero-order valence-electron chi connectivity index (χ0n) is 36.2. The minimum absolute atomic E-state index is 0.520. The van der Waals surface area contributed by atoms with Crippen LogP contribution in [0.5, 0.6) is 0 Å². The van der Waals surface area contributed by atoms with Crippen molar-refractivity contribution in [1.82, 2.24) is 34.1 Å². The van der Waals surface area contributed by atoms with Crippen molar-refractivity contribution < 1.29 is 8.83 Å². The zero-order chi connectivity index (χ0) is 44.7. The second-order valence-electron chi connectivity index (χ2n) is 16.8. The molecule has 9 aromatic carbocycles. The molecule has 0 radical (unpaired) electrons. The van der Waals surface area contributed by atoms with Crippen LogP contribution in [0.15, 0.2) is 221 Å². The maximum absolute atomic E-state index is 6.59. The van der Waals surface area contributed by atoms with Crippen LogP contribution < -0.4 is 0 Å². The van der Waals surface area contributed by atoms with Crippen LogP contribution >= 0.6 is 0 Å². The number of benzene rings is 9. The van der Waals surface area contributed by atoms with Gasteiger partial charge in [-0.2, -0.15) is 0 Å². The monoisotopic (exact) mass is 873 g/mol. The van der Waals surface area contributed by atoms with Crippen molar-refractivity contribution in [3.63, 3.8) is 0 Å². The topological polar surface area (TPSA) is 101 Å². The van der Waals surface area contributed by atoms with Gasteiger partial charge in [0.15, 0.2) is 17.5 Å². The summed E-state index contributed by atoms with van der Waals surface area (Å²) >= 11 is 0. The lowest BCUT2D eigenvalue weighted by molar-refractivity contribution is 0.668. The summed E-state index contributed by atoms with van der Waals surface area (Å²) in [4.78, 5) is 26.2. The Bertz CT molecular complexity index is 4010. The highest BCUT2D eigenvalue weighted by atomic mass is 16.3. The Morgan fingerprint density at radius 3 is 1.22 bits per heavy atom. The number of furan rings is 2. The van der Waals surface area contributed by atoms with E-state index in [9.17, 15) is 0 Å². The fraction of sp³-hybridized carbons (Fsp3) is 0. The Hall–Kier alpha value is -9.47. The van der Waals surface area contributed by atoms with Crippen LogP contribution in [0.25, 0.3) is 134 Å². The lowest BCUT2D eigenvalue weighted by Gasteiger charge is -2.11. The number of hydrogen-bond acceptors (Lipinski definition) is 7. The summed E-state index contributed by atoms with van der Waals surface area (Å²) in [5.41, 5.74) is 13.3. The molecule has 68 heavy (non-hydrogen) atoms. The number of rotatable bonds is 7. The minimum Gasteiger partial charge on any atom is -0.456 e. The van der Waals surface area contributed by atoms with Crippen molar-refractivity contribution in [2.75, 3.05) is 0 Å². The third-order valence-electron chi connectivity index (χ3n) is 12.8. The first kappa shape index (κ1) is 37.9. The predicted molar refractivity (Wildman–Crippen MR) is 271 cm³/mol. The van der Waals surface area contributed by atoms with Gasteiger partial charge in [0.2, 0.25) is 0 Å². The van der Waals surface area contributed by atoms with Gasteiger partial charge in [0.25, 0.3) is 0 Å². The highest BCUT2D eigenvalue weighted by Gasteiger charge is 2.23. The first-order valence-corrected chi connectivity index (χ1v) is 22.5. The fourth-order valence-corrected chi connectivity index (χ4v) is 9.75. The Morgan fingerprint density at radius 2 is 0.735 bits per heavy atom. The molecule has 14 aromatic rings. The smallest absolute Gasteiger partial charge is 0.164 e. The summed E-state index contributed by atoms with van der Waals surface area (Å²) in [5, 5.41) is 3.67. The van der Waals surface area contributed by atoms with Gasteiger partial charge < -0.3 is 8.83 Å². The Balaban J connectivity index is 0.972. The molecule has 5 heterocycles. The van der Waals surface area contributed by atoms with Crippen LogP contribution in [0.1, 0.15) is 0 Å². The molecule has 0 aliphatic carbocycles. The van der Waals surface area contributed by atoms with Crippen LogP contribution in [-0.4, -0.2) is 34.1 Å². The molecule has 0 aliphatic heterocycles. The molecule has 9 nitrogen and oxygen atoms in total. The summed E-state index contributed by atoms with van der Waals surface area (Å²) < 4.78 is 17.6. The summed E-state index contributed by atoms with van der Waals surface area (Å²) in [6.45, 7) is 0. The standard InChI is InChI=1S/C59H35N7O2/c1-4-16-36(17-5-1)55-62-56(41-22-14-28-51-53(41)43-34-37(30-32-49(43)67-51)58-60-45-24-10-12-26-47(45)65(58)39-18-6-2-7-19-39)64-57(63-55)42-23-15-29-52-54(42)44-35-38(31-33-50(44)68-52)59-61-46-25-11-13-27-48(46)66(59)40-20-8-3-9-21-40/h1-35H. The predicted octanol–water partition coefficient (Wildman–Crippen LogP) is 14.7. The molecule has 0 N–H and O–H groups in total. The van der Waals surface area contributed by atoms with Crippen LogP contribution in [0.2, 0.25) is 0 Å². The van der Waals surface area contributed by atoms with Gasteiger partial charge in [0.05, 0.1) is 22.1 Å². The molecule has 0 unspecified atom stereocenters. The molecule has 0 amide bonds. The van der Waals surface area contributed by atoms with E-state index in [4.69, 9.17) is 33.8 Å². The van der Waals surface area contributed by atoms with E-state index in [0.29, 0.717) is 17.5 Å².